The maximum atomic E-state index is 5.84. The van der Waals surface area contributed by atoms with Crippen molar-refractivity contribution in [3.63, 3.8) is 0 Å². The molecule has 152 valence electrons. The Morgan fingerprint density at radius 2 is 1.79 bits per heavy atom. The number of hydrogen-bond donors (Lipinski definition) is 0. The molecule has 0 unspecified atom stereocenters. The van der Waals surface area contributed by atoms with Gasteiger partial charge in [0.05, 0.1) is 6.67 Å². The van der Waals surface area contributed by atoms with Gasteiger partial charge in [-0.2, -0.15) is 5.10 Å². The summed E-state index contributed by atoms with van der Waals surface area (Å²) in [5.41, 5.74) is 1.47. The topological polar surface area (TPSA) is 26.0 Å². The molecule has 3 heterocycles. The van der Waals surface area contributed by atoms with Gasteiger partial charge in [0.1, 0.15) is 5.82 Å². The van der Waals surface area contributed by atoms with E-state index in [0.717, 1.165) is 42.7 Å². The molecular weight excluding hydrogens is 396 g/mol. The van der Waals surface area contributed by atoms with Gasteiger partial charge in [-0.15, -0.1) is 11.3 Å². The minimum absolute atomic E-state index is 0.572. The van der Waals surface area contributed by atoms with Crippen LogP contribution < -0.4 is 0 Å². The van der Waals surface area contributed by atoms with Crippen molar-refractivity contribution in [1.29, 1.82) is 0 Å². The summed E-state index contributed by atoms with van der Waals surface area (Å²) in [5, 5.41) is 7.11. The van der Waals surface area contributed by atoms with Crippen LogP contribution in [0, 0.1) is 10.7 Å². The smallest absolute Gasteiger partial charge is 0.199 e. The lowest BCUT2D eigenvalue weighted by Gasteiger charge is -2.31. The zero-order valence-corrected chi connectivity index (χ0v) is 18.4. The normalized spacial score (nSPS) is 18.3. The Labute approximate surface area is 181 Å². The van der Waals surface area contributed by atoms with E-state index in [2.05, 4.69) is 62.0 Å². The van der Waals surface area contributed by atoms with Gasteiger partial charge in [0.2, 0.25) is 0 Å². The van der Waals surface area contributed by atoms with Gasteiger partial charge in [-0.25, -0.2) is 4.68 Å². The van der Waals surface area contributed by atoms with Crippen LogP contribution in [0.5, 0.6) is 0 Å². The summed E-state index contributed by atoms with van der Waals surface area (Å²) in [6.45, 7) is 3.10. The van der Waals surface area contributed by atoms with Crippen molar-refractivity contribution in [1.82, 2.24) is 19.2 Å². The quantitative estimate of drug-likeness (QED) is 0.481. The SMILES string of the molecule is S=c1n(CN2CCC(Cc3ccccc3)CC2)nc(Cc2cccs2)n1C1CC1. The average molecular weight is 425 g/mol. The number of nitrogens with zero attached hydrogens (tertiary/aromatic N) is 4. The van der Waals surface area contributed by atoms with E-state index in [9.17, 15) is 0 Å². The van der Waals surface area contributed by atoms with Gasteiger partial charge in [-0.3, -0.25) is 4.90 Å². The molecule has 2 aromatic heterocycles. The molecule has 1 aliphatic carbocycles. The lowest BCUT2D eigenvalue weighted by Crippen LogP contribution is -2.36. The maximum Gasteiger partial charge on any atom is 0.199 e. The van der Waals surface area contributed by atoms with Crippen LogP contribution in [-0.4, -0.2) is 32.3 Å². The predicted octanol–water partition coefficient (Wildman–Crippen LogP) is 5.31. The van der Waals surface area contributed by atoms with Crippen molar-refractivity contribution in [2.24, 2.45) is 5.92 Å². The highest BCUT2D eigenvalue weighted by Gasteiger charge is 2.29. The summed E-state index contributed by atoms with van der Waals surface area (Å²) in [4.78, 5) is 3.89. The van der Waals surface area contributed by atoms with Crippen molar-refractivity contribution in [3.05, 3.63) is 68.9 Å². The Morgan fingerprint density at radius 3 is 2.48 bits per heavy atom. The third-order valence-corrected chi connectivity index (χ3v) is 7.46. The van der Waals surface area contributed by atoms with E-state index >= 15 is 0 Å². The van der Waals surface area contributed by atoms with Gasteiger partial charge < -0.3 is 4.57 Å². The fourth-order valence-corrected chi connectivity index (χ4v) is 5.47. The summed E-state index contributed by atoms with van der Waals surface area (Å²) < 4.78 is 5.32. The lowest BCUT2D eigenvalue weighted by molar-refractivity contribution is 0.139. The van der Waals surface area contributed by atoms with Gasteiger partial charge >= 0.3 is 0 Å². The molecule has 29 heavy (non-hydrogen) atoms. The second-order valence-electron chi connectivity index (χ2n) is 8.45. The fraction of sp³-hybridized carbons (Fsp3) is 0.478. The highest BCUT2D eigenvalue weighted by molar-refractivity contribution is 7.71. The zero-order chi connectivity index (χ0) is 19.6. The Morgan fingerprint density at radius 1 is 1.00 bits per heavy atom. The Bertz CT molecular complexity index is 978. The molecule has 0 atom stereocenters. The molecule has 1 aromatic carbocycles. The van der Waals surface area contributed by atoms with Crippen LogP contribution in [-0.2, 0) is 19.5 Å². The molecule has 0 spiro atoms. The first-order valence-electron chi connectivity index (χ1n) is 10.7. The number of rotatable bonds is 7. The average Bonchev–Trinajstić information content (AvgIpc) is 3.35. The largest absolute Gasteiger partial charge is 0.301 e. The Hall–Kier alpha value is -1.76. The molecule has 0 bridgehead atoms. The number of likely N-dealkylation sites (tertiary alicyclic amines) is 1. The molecule has 4 nitrogen and oxygen atoms in total. The van der Waals surface area contributed by atoms with Crippen LogP contribution in [0.2, 0.25) is 0 Å². The van der Waals surface area contributed by atoms with Gasteiger partial charge in [0.25, 0.3) is 0 Å². The van der Waals surface area contributed by atoms with Crippen LogP contribution in [0.15, 0.2) is 47.8 Å². The third kappa shape index (κ3) is 4.55. The van der Waals surface area contributed by atoms with Crippen molar-refractivity contribution >= 4 is 23.6 Å². The number of hydrogen-bond acceptors (Lipinski definition) is 4. The first-order chi connectivity index (χ1) is 14.3. The molecule has 6 heteroatoms. The van der Waals surface area contributed by atoms with Crippen molar-refractivity contribution in [2.45, 2.75) is 51.2 Å². The van der Waals surface area contributed by atoms with E-state index in [4.69, 9.17) is 17.3 Å². The highest BCUT2D eigenvalue weighted by atomic mass is 32.1. The van der Waals surface area contributed by atoms with Crippen molar-refractivity contribution in [2.75, 3.05) is 13.1 Å². The van der Waals surface area contributed by atoms with Crippen LogP contribution in [0.3, 0.4) is 0 Å². The van der Waals surface area contributed by atoms with Crippen LogP contribution in [0.4, 0.5) is 0 Å². The number of thiophene rings is 1. The molecule has 2 aliphatic rings. The second kappa shape index (κ2) is 8.54. The zero-order valence-electron chi connectivity index (χ0n) is 16.7. The lowest BCUT2D eigenvalue weighted by atomic mass is 9.90. The van der Waals surface area contributed by atoms with Gasteiger partial charge in [0, 0.05) is 30.4 Å². The molecule has 5 rings (SSSR count). The third-order valence-electron chi connectivity index (χ3n) is 6.17. The first kappa shape index (κ1) is 19.2. The van der Waals surface area contributed by atoms with Crippen LogP contribution >= 0.6 is 23.6 Å². The first-order valence-corrected chi connectivity index (χ1v) is 12.0. The maximum absolute atomic E-state index is 5.84. The summed E-state index contributed by atoms with van der Waals surface area (Å²) in [6.07, 6.45) is 7.09. The molecule has 1 aliphatic heterocycles. The van der Waals surface area contributed by atoms with Gasteiger partial charge in [-0.1, -0.05) is 36.4 Å². The molecule has 2 fully saturated rings. The highest BCUT2D eigenvalue weighted by Crippen LogP contribution is 2.37. The second-order valence-corrected chi connectivity index (χ2v) is 9.85. The van der Waals surface area contributed by atoms with E-state index in [1.54, 1.807) is 11.3 Å². The monoisotopic (exact) mass is 424 g/mol. The Kier molecular flexibility index (Phi) is 5.66. The van der Waals surface area contributed by atoms with Crippen LogP contribution in [0.1, 0.15) is 48.0 Å². The van der Waals surface area contributed by atoms with E-state index < -0.39 is 0 Å². The summed E-state index contributed by atoms with van der Waals surface area (Å²) in [7, 11) is 0. The van der Waals surface area contributed by atoms with Crippen molar-refractivity contribution in [3.8, 4) is 0 Å². The Balaban J connectivity index is 1.23. The molecule has 0 radical (unpaired) electrons. The molecule has 1 saturated carbocycles. The van der Waals surface area contributed by atoms with Crippen LogP contribution in [0.25, 0.3) is 0 Å². The van der Waals surface area contributed by atoms with E-state index in [-0.39, 0.29) is 0 Å². The standard InChI is InChI=1S/C23H28N4S2/c28-23-26(24-22(27(23)20-8-9-20)16-21-7-4-14-29-21)17-25-12-10-19(11-13-25)15-18-5-2-1-3-6-18/h1-7,14,19-20H,8-13,15-17H2. The molecule has 0 amide bonds. The molecule has 3 aromatic rings. The molecule has 1 saturated heterocycles. The number of piperidine rings is 1. The number of benzene rings is 1. The molecular formula is C23H28N4S2. The van der Waals surface area contributed by atoms with Crippen molar-refractivity contribution < 1.29 is 0 Å². The summed E-state index contributed by atoms with van der Waals surface area (Å²) in [6, 6.07) is 15.8. The summed E-state index contributed by atoms with van der Waals surface area (Å²) >= 11 is 7.65. The van der Waals surface area contributed by atoms with E-state index in [0.29, 0.717) is 6.04 Å². The summed E-state index contributed by atoms with van der Waals surface area (Å²) in [5.74, 6) is 1.93. The van der Waals surface area contributed by atoms with Gasteiger partial charge in [-0.05, 0) is 67.2 Å². The minimum Gasteiger partial charge on any atom is -0.301 e. The van der Waals surface area contributed by atoms with Gasteiger partial charge in [0.15, 0.2) is 4.77 Å². The van der Waals surface area contributed by atoms with E-state index in [1.807, 2.05) is 0 Å². The van der Waals surface area contributed by atoms with E-state index in [1.165, 1.54) is 42.5 Å². The minimum atomic E-state index is 0.572. The molecule has 0 N–H and O–H groups in total. The number of aromatic nitrogens is 3. The predicted molar refractivity (Wildman–Crippen MR) is 121 cm³/mol. The fourth-order valence-electron chi connectivity index (χ4n) is 4.42.